The SMILES string of the molecule is CCN(CCOC)CCOc1ccc2c(c1)sc1nc(-c3ccc(N)cc3)cn12. The van der Waals surface area contributed by atoms with E-state index in [1.807, 2.05) is 30.3 Å². The van der Waals surface area contributed by atoms with E-state index in [4.69, 9.17) is 20.2 Å². The number of aromatic nitrogens is 2. The molecule has 2 N–H and O–H groups in total. The number of methoxy groups -OCH3 is 1. The van der Waals surface area contributed by atoms with E-state index in [0.717, 1.165) is 59.4 Å². The van der Waals surface area contributed by atoms with Crippen LogP contribution in [0.15, 0.2) is 48.7 Å². The lowest BCUT2D eigenvalue weighted by Crippen LogP contribution is -2.31. The van der Waals surface area contributed by atoms with Crippen LogP contribution in [0.5, 0.6) is 5.75 Å². The number of thiazole rings is 1. The van der Waals surface area contributed by atoms with Crippen molar-refractivity contribution in [3.8, 4) is 17.0 Å². The van der Waals surface area contributed by atoms with Crippen LogP contribution in [0.1, 0.15) is 6.92 Å². The van der Waals surface area contributed by atoms with E-state index in [-0.39, 0.29) is 0 Å². The van der Waals surface area contributed by atoms with Gasteiger partial charge in [-0.15, -0.1) is 0 Å². The maximum absolute atomic E-state index is 5.99. The summed E-state index contributed by atoms with van der Waals surface area (Å²) in [6.45, 7) is 6.36. The first-order valence-corrected chi connectivity index (χ1v) is 10.6. The van der Waals surface area contributed by atoms with Gasteiger partial charge in [0.15, 0.2) is 4.96 Å². The normalized spacial score (nSPS) is 11.7. The molecule has 4 rings (SSSR count). The number of hydrogen-bond acceptors (Lipinski definition) is 6. The zero-order chi connectivity index (χ0) is 20.2. The summed E-state index contributed by atoms with van der Waals surface area (Å²) in [4.78, 5) is 8.08. The maximum atomic E-state index is 5.99. The van der Waals surface area contributed by atoms with Gasteiger partial charge < -0.3 is 15.2 Å². The number of hydrogen-bond donors (Lipinski definition) is 1. The molecule has 0 aliphatic carbocycles. The van der Waals surface area contributed by atoms with Gasteiger partial charge in [-0.05, 0) is 36.9 Å². The molecule has 0 saturated heterocycles. The van der Waals surface area contributed by atoms with Gasteiger partial charge >= 0.3 is 0 Å². The van der Waals surface area contributed by atoms with Crippen LogP contribution in [0.2, 0.25) is 0 Å². The molecule has 0 fully saturated rings. The van der Waals surface area contributed by atoms with Gasteiger partial charge in [0.1, 0.15) is 12.4 Å². The third-order valence-corrected chi connectivity index (χ3v) is 6.02. The average molecular weight is 411 g/mol. The second-order valence-corrected chi connectivity index (χ2v) is 7.92. The Hall–Kier alpha value is -2.61. The Balaban J connectivity index is 1.47. The van der Waals surface area contributed by atoms with Crippen molar-refractivity contribution in [2.24, 2.45) is 0 Å². The molecule has 0 bridgehead atoms. The Morgan fingerprint density at radius 3 is 2.66 bits per heavy atom. The predicted octanol–water partition coefficient (Wildman–Crippen LogP) is 4.15. The lowest BCUT2D eigenvalue weighted by atomic mass is 10.1. The van der Waals surface area contributed by atoms with Crippen LogP contribution in [0.3, 0.4) is 0 Å². The topological polar surface area (TPSA) is 65.0 Å². The van der Waals surface area contributed by atoms with Gasteiger partial charge in [-0.2, -0.15) is 0 Å². The Kier molecular flexibility index (Phi) is 5.99. The van der Waals surface area contributed by atoms with Crippen LogP contribution in [0.25, 0.3) is 26.4 Å². The summed E-state index contributed by atoms with van der Waals surface area (Å²) in [6, 6.07) is 14.0. The first-order chi connectivity index (χ1) is 14.2. The van der Waals surface area contributed by atoms with Crippen LogP contribution in [0.4, 0.5) is 5.69 Å². The number of imidazole rings is 1. The third-order valence-electron chi connectivity index (χ3n) is 5.01. The number of rotatable bonds is 9. The van der Waals surface area contributed by atoms with Crippen molar-refractivity contribution in [3.63, 3.8) is 0 Å². The van der Waals surface area contributed by atoms with Crippen LogP contribution >= 0.6 is 11.3 Å². The van der Waals surface area contributed by atoms with Crippen molar-refractivity contribution < 1.29 is 9.47 Å². The molecule has 0 spiro atoms. The minimum atomic E-state index is 0.660. The van der Waals surface area contributed by atoms with Crippen LogP contribution in [-0.4, -0.2) is 54.2 Å². The first kappa shape index (κ1) is 19.7. The molecule has 2 aromatic carbocycles. The second-order valence-electron chi connectivity index (χ2n) is 6.91. The van der Waals surface area contributed by atoms with E-state index < -0.39 is 0 Å². The molecule has 4 aromatic rings. The number of fused-ring (bicyclic) bond motifs is 3. The van der Waals surface area contributed by atoms with Crippen LogP contribution in [0, 0.1) is 0 Å². The van der Waals surface area contributed by atoms with E-state index in [9.17, 15) is 0 Å². The van der Waals surface area contributed by atoms with Gasteiger partial charge in [-0.3, -0.25) is 9.30 Å². The monoisotopic (exact) mass is 410 g/mol. The van der Waals surface area contributed by atoms with Gasteiger partial charge in [-0.25, -0.2) is 4.98 Å². The Labute approximate surface area is 174 Å². The van der Waals surface area contributed by atoms with Gasteiger partial charge in [-0.1, -0.05) is 30.4 Å². The molecule has 29 heavy (non-hydrogen) atoms. The number of ether oxygens (including phenoxy) is 2. The lowest BCUT2D eigenvalue weighted by Gasteiger charge is -2.19. The third kappa shape index (κ3) is 4.37. The molecule has 7 heteroatoms. The minimum Gasteiger partial charge on any atom is -0.492 e. The standard InChI is InChI=1S/C22H26N4O2S/c1-3-25(10-12-27-2)11-13-28-18-8-9-20-21(14-18)29-22-24-19(15-26(20)22)16-4-6-17(23)7-5-16/h4-9,14-15H,3,10-13,23H2,1-2H3. The summed E-state index contributed by atoms with van der Waals surface area (Å²) in [6.07, 6.45) is 2.08. The zero-order valence-corrected chi connectivity index (χ0v) is 17.6. The summed E-state index contributed by atoms with van der Waals surface area (Å²) in [5.41, 5.74) is 9.70. The van der Waals surface area contributed by atoms with Crippen LogP contribution in [-0.2, 0) is 4.74 Å². The van der Waals surface area contributed by atoms with Crippen molar-refractivity contribution in [2.75, 3.05) is 45.7 Å². The largest absolute Gasteiger partial charge is 0.492 e. The number of anilines is 1. The fourth-order valence-corrected chi connectivity index (χ4v) is 4.34. The molecule has 0 radical (unpaired) electrons. The fraction of sp³-hybridized carbons (Fsp3) is 0.318. The quantitative estimate of drug-likeness (QED) is 0.420. The summed E-state index contributed by atoms with van der Waals surface area (Å²) < 4.78 is 14.4. The van der Waals surface area contributed by atoms with Crippen molar-refractivity contribution in [2.45, 2.75) is 6.92 Å². The molecule has 0 atom stereocenters. The fourth-order valence-electron chi connectivity index (χ4n) is 3.31. The van der Waals surface area contributed by atoms with Crippen molar-refractivity contribution in [1.82, 2.24) is 14.3 Å². The molecule has 0 aliphatic heterocycles. The smallest absolute Gasteiger partial charge is 0.195 e. The van der Waals surface area contributed by atoms with Gasteiger partial charge in [0.05, 0.1) is 22.5 Å². The highest BCUT2D eigenvalue weighted by Gasteiger charge is 2.11. The van der Waals surface area contributed by atoms with Crippen molar-refractivity contribution in [1.29, 1.82) is 0 Å². The molecule has 0 saturated carbocycles. The molecular formula is C22H26N4O2S. The average Bonchev–Trinajstić information content (AvgIpc) is 3.28. The molecule has 2 aromatic heterocycles. The Morgan fingerprint density at radius 2 is 1.90 bits per heavy atom. The molecule has 0 unspecified atom stereocenters. The summed E-state index contributed by atoms with van der Waals surface area (Å²) in [5.74, 6) is 0.892. The summed E-state index contributed by atoms with van der Waals surface area (Å²) >= 11 is 1.67. The number of benzene rings is 2. The summed E-state index contributed by atoms with van der Waals surface area (Å²) in [5, 5.41) is 0. The lowest BCUT2D eigenvalue weighted by molar-refractivity contribution is 0.138. The highest BCUT2D eigenvalue weighted by molar-refractivity contribution is 7.23. The number of nitrogens with two attached hydrogens (primary N) is 1. The number of nitrogens with zero attached hydrogens (tertiary/aromatic N) is 3. The Morgan fingerprint density at radius 1 is 1.10 bits per heavy atom. The van der Waals surface area contributed by atoms with E-state index in [0.29, 0.717) is 6.61 Å². The second kappa shape index (κ2) is 8.82. The molecule has 6 nitrogen and oxygen atoms in total. The van der Waals surface area contributed by atoms with Gasteiger partial charge in [0.25, 0.3) is 0 Å². The van der Waals surface area contributed by atoms with E-state index in [2.05, 4.69) is 34.6 Å². The highest BCUT2D eigenvalue weighted by atomic mass is 32.1. The molecule has 2 heterocycles. The first-order valence-electron chi connectivity index (χ1n) is 9.79. The van der Waals surface area contributed by atoms with Crippen molar-refractivity contribution >= 4 is 32.2 Å². The van der Waals surface area contributed by atoms with Crippen molar-refractivity contribution in [3.05, 3.63) is 48.7 Å². The summed E-state index contributed by atoms with van der Waals surface area (Å²) in [7, 11) is 1.73. The maximum Gasteiger partial charge on any atom is 0.195 e. The zero-order valence-electron chi connectivity index (χ0n) is 16.8. The molecule has 152 valence electrons. The molecule has 0 amide bonds. The molecular weight excluding hydrogens is 384 g/mol. The van der Waals surface area contributed by atoms with E-state index >= 15 is 0 Å². The number of nitrogen functional groups attached to an aromatic ring is 1. The minimum absolute atomic E-state index is 0.660. The highest BCUT2D eigenvalue weighted by Crippen LogP contribution is 2.32. The van der Waals surface area contributed by atoms with Gasteiger partial charge in [0.2, 0.25) is 0 Å². The van der Waals surface area contributed by atoms with Crippen LogP contribution < -0.4 is 10.5 Å². The number of likely N-dealkylation sites (N-methyl/N-ethyl adjacent to an activating group) is 1. The molecule has 0 aliphatic rings. The van der Waals surface area contributed by atoms with E-state index in [1.165, 1.54) is 4.70 Å². The van der Waals surface area contributed by atoms with Gasteiger partial charge in [0, 0.05) is 37.6 Å². The Bertz CT molecular complexity index is 1090. The van der Waals surface area contributed by atoms with E-state index in [1.54, 1.807) is 18.4 Å². The predicted molar refractivity (Wildman–Crippen MR) is 120 cm³/mol.